The number of pyridine rings is 1. The van der Waals surface area contributed by atoms with Crippen LogP contribution in [0.25, 0.3) is 0 Å². The molecule has 1 heterocycles. The molecule has 0 saturated heterocycles. The minimum absolute atomic E-state index is 0.323. The Hall–Kier alpha value is -1.29. The molecule has 0 aliphatic rings. The average molecular weight is 296 g/mol. The van der Waals surface area contributed by atoms with Crippen LogP contribution in [-0.2, 0) is 9.05 Å². The smallest absolute Gasteiger partial charge is 0.397 e. The second-order valence-electron chi connectivity index (χ2n) is 2.61. The molecule has 0 aromatic carbocycles. The fourth-order valence-corrected chi connectivity index (χ4v) is 1.70. The Morgan fingerprint density at radius 2 is 1.88 bits per heavy atom. The average Bonchev–Trinajstić information content (AvgIpc) is 2.08. The van der Waals surface area contributed by atoms with Crippen molar-refractivity contribution in [2.45, 2.75) is 11.3 Å². The Bertz CT molecular complexity index is 593. The summed E-state index contributed by atoms with van der Waals surface area (Å²) in [4.78, 5) is 11.1. The molecule has 0 fully saturated rings. The fraction of sp³-hybridized carbons (Fsp3) is 0.167. The quantitative estimate of drug-likeness (QED) is 0.660. The van der Waals surface area contributed by atoms with E-state index in [1.807, 2.05) is 0 Å². The number of rotatable bonds is 2. The highest BCUT2D eigenvalue weighted by molar-refractivity contribution is 8.13. The van der Waals surface area contributed by atoms with Crippen molar-refractivity contribution in [3.05, 3.63) is 22.4 Å². The third-order valence-corrected chi connectivity index (χ3v) is 2.76. The molecule has 0 unspecified atom stereocenters. The Morgan fingerprint density at radius 1 is 1.35 bits per heavy atom. The van der Waals surface area contributed by atoms with Crippen LogP contribution in [0.15, 0.2) is 15.9 Å². The zero-order valence-corrected chi connectivity index (χ0v) is 9.08. The molecule has 1 N–H and O–H groups in total. The van der Waals surface area contributed by atoms with Gasteiger partial charge >= 0.3 is 6.36 Å². The molecule has 1 aromatic rings. The van der Waals surface area contributed by atoms with Crippen molar-refractivity contribution in [2.75, 3.05) is 0 Å². The summed E-state index contributed by atoms with van der Waals surface area (Å²) in [7, 11) is 0.0842. The number of hydrogen-bond donors (Lipinski definition) is 1. The predicted molar refractivity (Wildman–Crippen MR) is 46.7 cm³/mol. The first-order valence-electron chi connectivity index (χ1n) is 3.64. The third kappa shape index (κ3) is 3.33. The van der Waals surface area contributed by atoms with Crippen LogP contribution in [0.3, 0.4) is 0 Å². The minimum Gasteiger partial charge on any atom is -0.397 e. The first kappa shape index (κ1) is 13.8. The van der Waals surface area contributed by atoms with E-state index in [-0.39, 0.29) is 0 Å². The van der Waals surface area contributed by atoms with Gasteiger partial charge in [0.2, 0.25) is 5.75 Å². The molecule has 17 heavy (non-hydrogen) atoms. The van der Waals surface area contributed by atoms with Crippen molar-refractivity contribution in [2.24, 2.45) is 0 Å². The number of H-pyrrole nitrogens is 1. The van der Waals surface area contributed by atoms with Gasteiger partial charge in [0, 0.05) is 16.9 Å². The zero-order chi connectivity index (χ0) is 13.4. The molecule has 0 aliphatic heterocycles. The van der Waals surface area contributed by atoms with Gasteiger partial charge in [-0.15, -0.1) is 13.2 Å². The van der Waals surface area contributed by atoms with Crippen LogP contribution < -0.4 is 10.3 Å². The summed E-state index contributed by atoms with van der Waals surface area (Å²) in [6.07, 6.45) is -5.02. The van der Waals surface area contributed by atoms with Gasteiger partial charge in [0.1, 0.15) is 4.90 Å². The van der Waals surface area contributed by atoms with Gasteiger partial charge < -0.3 is 9.72 Å². The Labute approximate surface area is 95.4 Å². The molecule has 0 aliphatic carbocycles. The lowest BCUT2D eigenvalue weighted by Gasteiger charge is -2.09. The number of aromatic nitrogens is 1. The summed E-state index contributed by atoms with van der Waals surface area (Å²) >= 11 is 0. The summed E-state index contributed by atoms with van der Waals surface area (Å²) in [5, 5.41) is 0. The van der Waals surface area contributed by atoms with Gasteiger partial charge in [-0.05, 0) is 0 Å². The number of nitrogens with one attached hydrogen (secondary N) is 1. The van der Waals surface area contributed by atoms with Crippen LogP contribution >= 0.6 is 10.7 Å². The standard InChI is InChI=1S/C6H2ClF4NO4S/c7-17(14,15)2-1-12-5(13)4(3(2)8)16-6(9,10)11/h1H,(H,12,13). The largest absolute Gasteiger partial charge is 0.573 e. The highest BCUT2D eigenvalue weighted by Crippen LogP contribution is 2.26. The van der Waals surface area contributed by atoms with Gasteiger partial charge in [-0.1, -0.05) is 0 Å². The van der Waals surface area contributed by atoms with Crippen LogP contribution in [0.5, 0.6) is 5.75 Å². The number of halogens is 5. The highest BCUT2D eigenvalue weighted by Gasteiger charge is 2.35. The maximum absolute atomic E-state index is 13.3. The molecule has 0 atom stereocenters. The van der Waals surface area contributed by atoms with Crippen molar-refractivity contribution in [3.63, 3.8) is 0 Å². The van der Waals surface area contributed by atoms with Crippen LogP contribution in [0.4, 0.5) is 17.6 Å². The van der Waals surface area contributed by atoms with Gasteiger partial charge in [-0.3, -0.25) is 4.79 Å². The lowest BCUT2D eigenvalue weighted by atomic mass is 10.4. The number of ether oxygens (including phenoxy) is 1. The van der Waals surface area contributed by atoms with Crippen LogP contribution in [0.2, 0.25) is 0 Å². The summed E-state index contributed by atoms with van der Waals surface area (Å²) in [5.41, 5.74) is -1.58. The molecule has 0 amide bonds. The Balaban J connectivity index is 3.47. The molecule has 0 spiro atoms. The van der Waals surface area contributed by atoms with E-state index < -0.39 is 37.4 Å². The molecule has 1 rings (SSSR count). The molecular weight excluding hydrogens is 294 g/mol. The molecule has 11 heteroatoms. The van der Waals surface area contributed by atoms with Crippen molar-refractivity contribution in [1.82, 2.24) is 4.98 Å². The van der Waals surface area contributed by atoms with Crippen LogP contribution in [-0.4, -0.2) is 19.8 Å². The SMILES string of the molecule is O=c1[nH]cc(S(=O)(=O)Cl)c(F)c1OC(F)(F)F. The maximum atomic E-state index is 13.3. The van der Waals surface area contributed by atoms with E-state index in [2.05, 4.69) is 4.74 Å². The van der Waals surface area contributed by atoms with Crippen molar-refractivity contribution >= 4 is 19.7 Å². The third-order valence-electron chi connectivity index (χ3n) is 1.44. The van der Waals surface area contributed by atoms with Gasteiger partial charge in [0.05, 0.1) is 0 Å². The van der Waals surface area contributed by atoms with Gasteiger partial charge in [0.15, 0.2) is 5.82 Å². The molecule has 96 valence electrons. The highest BCUT2D eigenvalue weighted by atomic mass is 35.7. The normalized spacial score (nSPS) is 12.5. The molecule has 0 radical (unpaired) electrons. The van der Waals surface area contributed by atoms with E-state index in [9.17, 15) is 30.8 Å². The number of hydrogen-bond acceptors (Lipinski definition) is 4. The Morgan fingerprint density at radius 3 is 2.29 bits per heavy atom. The second kappa shape index (κ2) is 4.18. The van der Waals surface area contributed by atoms with Crippen LogP contribution in [0, 0.1) is 5.82 Å². The molecule has 5 nitrogen and oxygen atoms in total. The molecule has 0 bridgehead atoms. The van der Waals surface area contributed by atoms with Crippen molar-refractivity contribution in [3.8, 4) is 5.75 Å². The molecule has 1 aromatic heterocycles. The number of aromatic amines is 1. The first-order chi connectivity index (χ1) is 7.52. The van der Waals surface area contributed by atoms with Gasteiger partial charge in [-0.2, -0.15) is 0 Å². The van der Waals surface area contributed by atoms with Crippen molar-refractivity contribution in [1.29, 1.82) is 0 Å². The van der Waals surface area contributed by atoms with E-state index in [0.717, 1.165) is 0 Å². The van der Waals surface area contributed by atoms with E-state index in [0.29, 0.717) is 6.20 Å². The van der Waals surface area contributed by atoms with E-state index in [1.165, 1.54) is 0 Å². The van der Waals surface area contributed by atoms with Gasteiger partial charge in [-0.25, -0.2) is 12.8 Å². The maximum Gasteiger partial charge on any atom is 0.573 e. The Kier molecular flexibility index (Phi) is 3.39. The lowest BCUT2D eigenvalue weighted by Crippen LogP contribution is -2.24. The fourth-order valence-electron chi connectivity index (χ4n) is 0.856. The topological polar surface area (TPSA) is 76.2 Å². The van der Waals surface area contributed by atoms with Crippen LogP contribution in [0.1, 0.15) is 0 Å². The van der Waals surface area contributed by atoms with E-state index in [4.69, 9.17) is 10.7 Å². The second-order valence-corrected chi connectivity index (χ2v) is 5.15. The summed E-state index contributed by atoms with van der Waals surface area (Å²) in [6, 6.07) is 0. The first-order valence-corrected chi connectivity index (χ1v) is 5.95. The summed E-state index contributed by atoms with van der Waals surface area (Å²) in [5.74, 6) is -3.83. The molecular formula is C6H2ClF4NO4S. The summed E-state index contributed by atoms with van der Waals surface area (Å²) in [6.45, 7) is 0. The number of alkyl halides is 3. The lowest BCUT2D eigenvalue weighted by molar-refractivity contribution is -0.276. The van der Waals surface area contributed by atoms with Crippen molar-refractivity contribution < 1.29 is 30.7 Å². The monoisotopic (exact) mass is 295 g/mol. The predicted octanol–water partition coefficient (Wildman–Crippen LogP) is 1.34. The van der Waals surface area contributed by atoms with Gasteiger partial charge in [0.25, 0.3) is 14.6 Å². The molecule has 0 saturated carbocycles. The summed E-state index contributed by atoms with van der Waals surface area (Å²) < 4.78 is 73.2. The van der Waals surface area contributed by atoms with E-state index >= 15 is 0 Å². The zero-order valence-electron chi connectivity index (χ0n) is 7.51. The van der Waals surface area contributed by atoms with E-state index in [1.54, 1.807) is 4.98 Å². The minimum atomic E-state index is -5.34.